The first-order valence-corrected chi connectivity index (χ1v) is 7.98. The van der Waals surface area contributed by atoms with E-state index in [1.165, 1.54) is 7.11 Å². The number of methoxy groups -OCH3 is 1. The van der Waals surface area contributed by atoms with Crippen molar-refractivity contribution in [2.45, 2.75) is 26.3 Å². The predicted molar refractivity (Wildman–Crippen MR) is 91.4 cm³/mol. The predicted octanol–water partition coefficient (Wildman–Crippen LogP) is 2.93. The molecule has 8 heteroatoms. The molecule has 7 nitrogen and oxygen atoms in total. The van der Waals surface area contributed by atoms with Crippen molar-refractivity contribution in [1.29, 1.82) is 0 Å². The van der Waals surface area contributed by atoms with Crippen LogP contribution >= 0.6 is 11.6 Å². The van der Waals surface area contributed by atoms with Gasteiger partial charge in [0, 0.05) is 11.4 Å². The van der Waals surface area contributed by atoms with Gasteiger partial charge in [-0.05, 0) is 32.2 Å². The maximum Gasteiger partial charge on any atom is 0.243 e. The van der Waals surface area contributed by atoms with Gasteiger partial charge in [-0.2, -0.15) is 4.98 Å². The van der Waals surface area contributed by atoms with Gasteiger partial charge in [0.1, 0.15) is 5.75 Å². The number of nitrogens with zero attached hydrogens (tertiary/aromatic N) is 3. The fourth-order valence-corrected chi connectivity index (χ4v) is 2.27. The second-order valence-electron chi connectivity index (χ2n) is 5.39. The summed E-state index contributed by atoms with van der Waals surface area (Å²) in [7, 11) is 3.35. The number of ether oxygens (including phenoxy) is 1. The van der Waals surface area contributed by atoms with Gasteiger partial charge >= 0.3 is 0 Å². The Morgan fingerprint density at radius 1 is 1.50 bits per heavy atom. The molecule has 0 saturated carbocycles. The molecular formula is C16H21ClN4O3. The number of aryl methyl sites for hydroxylation is 1. The number of anilines is 1. The fourth-order valence-electron chi connectivity index (χ4n) is 2.10. The van der Waals surface area contributed by atoms with E-state index in [9.17, 15) is 4.79 Å². The van der Waals surface area contributed by atoms with E-state index in [0.29, 0.717) is 34.6 Å². The monoisotopic (exact) mass is 352 g/mol. The molecule has 24 heavy (non-hydrogen) atoms. The molecule has 0 aliphatic carbocycles. The number of amides is 1. The lowest BCUT2D eigenvalue weighted by atomic mass is 10.2. The zero-order chi connectivity index (χ0) is 17.7. The summed E-state index contributed by atoms with van der Waals surface area (Å²) >= 11 is 5.96. The number of nitrogens with one attached hydrogen (secondary N) is 1. The van der Waals surface area contributed by atoms with E-state index in [1.807, 2.05) is 25.8 Å². The smallest absolute Gasteiger partial charge is 0.243 e. The van der Waals surface area contributed by atoms with Crippen molar-refractivity contribution in [1.82, 2.24) is 15.0 Å². The van der Waals surface area contributed by atoms with E-state index in [1.54, 1.807) is 18.2 Å². The maximum atomic E-state index is 12.3. The van der Waals surface area contributed by atoms with Gasteiger partial charge in [-0.1, -0.05) is 23.7 Å². The summed E-state index contributed by atoms with van der Waals surface area (Å²) in [6.45, 7) is 4.01. The zero-order valence-corrected chi connectivity index (χ0v) is 14.9. The van der Waals surface area contributed by atoms with Crippen LogP contribution in [-0.4, -0.2) is 41.6 Å². The standard InChI is InChI=1S/C16H21ClN4O3/c1-5-14-19-16(24-20-14)10(2)21(3)9-15(22)18-12-8-11(17)6-7-13(12)23-4/h6-8,10H,5,9H2,1-4H3,(H,18,22)/t10-/m1/s1. The van der Waals surface area contributed by atoms with Gasteiger partial charge in [-0.15, -0.1) is 0 Å². The summed E-state index contributed by atoms with van der Waals surface area (Å²) in [5.41, 5.74) is 0.530. The van der Waals surface area contributed by atoms with Crippen LogP contribution in [-0.2, 0) is 11.2 Å². The van der Waals surface area contributed by atoms with Crippen LogP contribution in [0.2, 0.25) is 5.02 Å². The van der Waals surface area contributed by atoms with E-state index >= 15 is 0 Å². The highest BCUT2D eigenvalue weighted by molar-refractivity contribution is 6.31. The first-order valence-electron chi connectivity index (χ1n) is 7.60. The largest absolute Gasteiger partial charge is 0.495 e. The molecule has 0 saturated heterocycles. The quantitative estimate of drug-likeness (QED) is 0.825. The van der Waals surface area contributed by atoms with Crippen molar-refractivity contribution in [3.8, 4) is 5.75 Å². The SMILES string of the molecule is CCc1noc([C@@H](C)N(C)CC(=O)Nc2cc(Cl)ccc2OC)n1. The molecule has 0 unspecified atom stereocenters. The van der Waals surface area contributed by atoms with Crippen molar-refractivity contribution in [2.24, 2.45) is 0 Å². The number of aromatic nitrogens is 2. The minimum absolute atomic E-state index is 0.153. The van der Waals surface area contributed by atoms with Crippen LogP contribution in [0.5, 0.6) is 5.75 Å². The minimum Gasteiger partial charge on any atom is -0.495 e. The lowest BCUT2D eigenvalue weighted by Gasteiger charge is -2.21. The molecule has 0 fully saturated rings. The van der Waals surface area contributed by atoms with E-state index < -0.39 is 0 Å². The molecular weight excluding hydrogens is 332 g/mol. The summed E-state index contributed by atoms with van der Waals surface area (Å²) in [6, 6.07) is 4.87. The Hall–Kier alpha value is -2.12. The number of hydrogen-bond donors (Lipinski definition) is 1. The second-order valence-corrected chi connectivity index (χ2v) is 5.82. The van der Waals surface area contributed by atoms with Crippen LogP contribution in [0.15, 0.2) is 22.7 Å². The molecule has 1 atom stereocenters. The van der Waals surface area contributed by atoms with Crippen molar-refractivity contribution >= 4 is 23.2 Å². The van der Waals surface area contributed by atoms with Crippen LogP contribution < -0.4 is 10.1 Å². The highest BCUT2D eigenvalue weighted by Gasteiger charge is 2.21. The number of likely N-dealkylation sites (N-methyl/N-ethyl adjacent to an activating group) is 1. The Kier molecular flexibility index (Phi) is 6.16. The molecule has 0 radical (unpaired) electrons. The lowest BCUT2D eigenvalue weighted by molar-refractivity contribution is -0.117. The van der Waals surface area contributed by atoms with Gasteiger partial charge in [0.25, 0.3) is 0 Å². The van der Waals surface area contributed by atoms with E-state index in [4.69, 9.17) is 20.9 Å². The van der Waals surface area contributed by atoms with Crippen molar-refractivity contribution in [3.05, 3.63) is 34.9 Å². The molecule has 2 rings (SSSR count). The van der Waals surface area contributed by atoms with Crippen LogP contribution in [0.4, 0.5) is 5.69 Å². The summed E-state index contributed by atoms with van der Waals surface area (Å²) in [6.07, 6.45) is 0.703. The van der Waals surface area contributed by atoms with Crippen LogP contribution in [0.25, 0.3) is 0 Å². The third-order valence-corrected chi connectivity index (χ3v) is 3.88. The van der Waals surface area contributed by atoms with Crippen LogP contribution in [0.3, 0.4) is 0 Å². The van der Waals surface area contributed by atoms with Gasteiger partial charge in [0.2, 0.25) is 11.8 Å². The second kappa shape index (κ2) is 8.12. The minimum atomic E-state index is -0.194. The summed E-state index contributed by atoms with van der Waals surface area (Å²) in [5.74, 6) is 1.49. The zero-order valence-electron chi connectivity index (χ0n) is 14.2. The number of benzene rings is 1. The molecule has 130 valence electrons. The molecule has 0 bridgehead atoms. The number of carbonyl (C=O) groups excluding carboxylic acids is 1. The average Bonchev–Trinajstić information content (AvgIpc) is 3.03. The number of halogens is 1. The lowest BCUT2D eigenvalue weighted by Crippen LogP contribution is -2.32. The van der Waals surface area contributed by atoms with Gasteiger partial charge < -0.3 is 14.6 Å². The topological polar surface area (TPSA) is 80.5 Å². The molecule has 1 heterocycles. The van der Waals surface area contributed by atoms with Crippen molar-refractivity contribution in [3.63, 3.8) is 0 Å². The number of rotatable bonds is 7. The third kappa shape index (κ3) is 4.46. The highest BCUT2D eigenvalue weighted by atomic mass is 35.5. The Bertz CT molecular complexity index is 704. The highest BCUT2D eigenvalue weighted by Crippen LogP contribution is 2.27. The van der Waals surface area contributed by atoms with Crippen LogP contribution in [0.1, 0.15) is 31.6 Å². The Labute approximate surface area is 145 Å². The normalized spacial score (nSPS) is 12.2. The number of carbonyl (C=O) groups is 1. The number of hydrogen-bond acceptors (Lipinski definition) is 6. The van der Waals surface area contributed by atoms with E-state index in [-0.39, 0.29) is 18.5 Å². The Morgan fingerprint density at radius 2 is 2.25 bits per heavy atom. The van der Waals surface area contributed by atoms with Crippen LogP contribution in [0, 0.1) is 0 Å². The summed E-state index contributed by atoms with van der Waals surface area (Å²) in [4.78, 5) is 18.4. The maximum absolute atomic E-state index is 12.3. The van der Waals surface area contributed by atoms with Gasteiger partial charge in [-0.25, -0.2) is 0 Å². The summed E-state index contributed by atoms with van der Waals surface area (Å²) in [5, 5.41) is 7.19. The molecule has 1 N–H and O–H groups in total. The van der Waals surface area contributed by atoms with E-state index in [2.05, 4.69) is 15.5 Å². The van der Waals surface area contributed by atoms with E-state index in [0.717, 1.165) is 0 Å². The molecule has 0 spiro atoms. The average molecular weight is 353 g/mol. The molecule has 1 amide bonds. The first-order chi connectivity index (χ1) is 11.4. The molecule has 0 aliphatic rings. The Morgan fingerprint density at radius 3 is 2.88 bits per heavy atom. The van der Waals surface area contributed by atoms with Gasteiger partial charge in [-0.3, -0.25) is 9.69 Å². The summed E-state index contributed by atoms with van der Waals surface area (Å²) < 4.78 is 10.4. The molecule has 2 aromatic rings. The molecule has 1 aromatic heterocycles. The Balaban J connectivity index is 2.00. The van der Waals surface area contributed by atoms with Crippen molar-refractivity contribution < 1.29 is 14.1 Å². The molecule has 1 aromatic carbocycles. The fraction of sp³-hybridized carbons (Fsp3) is 0.438. The van der Waals surface area contributed by atoms with Crippen molar-refractivity contribution in [2.75, 3.05) is 26.0 Å². The first kappa shape index (κ1) is 18.2. The van der Waals surface area contributed by atoms with Gasteiger partial charge in [0.05, 0.1) is 25.4 Å². The third-order valence-electron chi connectivity index (χ3n) is 3.65. The molecule has 0 aliphatic heterocycles. The van der Waals surface area contributed by atoms with Gasteiger partial charge in [0.15, 0.2) is 5.82 Å².